The fraction of sp³-hybridized carbons (Fsp3) is 0.769. The molecule has 1 saturated carbocycles. The highest BCUT2D eigenvalue weighted by molar-refractivity contribution is 5.87. The van der Waals surface area contributed by atoms with Crippen LogP contribution in [0.4, 0.5) is 0 Å². The molecule has 0 heterocycles. The van der Waals surface area contributed by atoms with E-state index in [2.05, 4.69) is 5.32 Å². The SMILES string of the molecule is CC(=O)NC(C(=O)N(C)CCC#N)C1CCCC1. The summed E-state index contributed by atoms with van der Waals surface area (Å²) in [6, 6.07) is 1.60. The molecule has 1 aliphatic rings. The van der Waals surface area contributed by atoms with Gasteiger partial charge in [-0.2, -0.15) is 5.26 Å². The Labute approximate surface area is 108 Å². The summed E-state index contributed by atoms with van der Waals surface area (Å²) in [5, 5.41) is 11.3. The lowest BCUT2D eigenvalue weighted by Crippen LogP contribution is -2.50. The van der Waals surface area contributed by atoms with Crippen molar-refractivity contribution in [1.82, 2.24) is 10.2 Å². The minimum atomic E-state index is -0.423. The highest BCUT2D eigenvalue weighted by atomic mass is 16.2. The molecule has 0 aromatic rings. The number of rotatable bonds is 5. The Hall–Kier alpha value is -1.57. The molecule has 0 radical (unpaired) electrons. The van der Waals surface area contributed by atoms with E-state index in [1.807, 2.05) is 6.07 Å². The van der Waals surface area contributed by atoms with Crippen LogP contribution in [0, 0.1) is 17.2 Å². The smallest absolute Gasteiger partial charge is 0.245 e. The first-order valence-corrected chi connectivity index (χ1v) is 6.45. The van der Waals surface area contributed by atoms with Crippen molar-refractivity contribution in [2.24, 2.45) is 5.92 Å². The molecule has 18 heavy (non-hydrogen) atoms. The fourth-order valence-electron chi connectivity index (χ4n) is 2.46. The van der Waals surface area contributed by atoms with Crippen molar-refractivity contribution in [3.8, 4) is 6.07 Å². The van der Waals surface area contributed by atoms with Crippen molar-refractivity contribution in [3.63, 3.8) is 0 Å². The lowest BCUT2D eigenvalue weighted by atomic mass is 9.96. The fourth-order valence-corrected chi connectivity index (χ4v) is 2.46. The molecule has 0 saturated heterocycles. The first kappa shape index (κ1) is 14.5. The average molecular weight is 251 g/mol. The molecule has 100 valence electrons. The first-order chi connectivity index (χ1) is 8.56. The summed E-state index contributed by atoms with van der Waals surface area (Å²) >= 11 is 0. The number of carbonyl (C=O) groups excluding carboxylic acids is 2. The molecule has 1 N–H and O–H groups in total. The van der Waals surface area contributed by atoms with Gasteiger partial charge in [-0.1, -0.05) is 12.8 Å². The van der Waals surface area contributed by atoms with Crippen LogP contribution in [0.15, 0.2) is 0 Å². The van der Waals surface area contributed by atoms with Gasteiger partial charge in [0.2, 0.25) is 11.8 Å². The van der Waals surface area contributed by atoms with Crippen molar-refractivity contribution in [1.29, 1.82) is 5.26 Å². The molecule has 1 fully saturated rings. The Kier molecular flexibility index (Phi) is 5.63. The molecular formula is C13H21N3O2. The normalized spacial score (nSPS) is 16.9. The van der Waals surface area contributed by atoms with Gasteiger partial charge in [0.15, 0.2) is 0 Å². The number of likely N-dealkylation sites (N-methyl/N-ethyl adjacent to an activating group) is 1. The van der Waals surface area contributed by atoms with E-state index in [4.69, 9.17) is 5.26 Å². The summed E-state index contributed by atoms with van der Waals surface area (Å²) < 4.78 is 0. The minimum absolute atomic E-state index is 0.0765. The Morgan fingerprint density at radius 2 is 2.06 bits per heavy atom. The Morgan fingerprint density at radius 3 is 2.56 bits per heavy atom. The molecule has 5 nitrogen and oxygen atoms in total. The molecule has 0 aliphatic heterocycles. The largest absolute Gasteiger partial charge is 0.344 e. The molecule has 1 atom stereocenters. The highest BCUT2D eigenvalue weighted by Gasteiger charge is 2.32. The molecular weight excluding hydrogens is 230 g/mol. The van der Waals surface area contributed by atoms with Crippen LogP contribution >= 0.6 is 0 Å². The zero-order valence-electron chi connectivity index (χ0n) is 11.1. The summed E-state index contributed by atoms with van der Waals surface area (Å²) in [6.07, 6.45) is 4.54. The Balaban J connectivity index is 2.66. The molecule has 0 aromatic carbocycles. The zero-order valence-corrected chi connectivity index (χ0v) is 11.1. The Morgan fingerprint density at radius 1 is 1.44 bits per heavy atom. The van der Waals surface area contributed by atoms with Gasteiger partial charge in [0.05, 0.1) is 12.5 Å². The van der Waals surface area contributed by atoms with Gasteiger partial charge in [0.1, 0.15) is 6.04 Å². The van der Waals surface area contributed by atoms with Crippen LogP contribution in [0.3, 0.4) is 0 Å². The maximum atomic E-state index is 12.3. The van der Waals surface area contributed by atoms with Crippen LogP contribution < -0.4 is 5.32 Å². The average Bonchev–Trinajstić information content (AvgIpc) is 2.85. The van der Waals surface area contributed by atoms with Gasteiger partial charge in [-0.3, -0.25) is 9.59 Å². The van der Waals surface area contributed by atoms with E-state index in [1.54, 1.807) is 11.9 Å². The second kappa shape index (κ2) is 7.00. The van der Waals surface area contributed by atoms with E-state index in [1.165, 1.54) is 6.92 Å². The van der Waals surface area contributed by atoms with Gasteiger partial charge < -0.3 is 10.2 Å². The predicted molar refractivity (Wildman–Crippen MR) is 67.4 cm³/mol. The number of nitriles is 1. The molecule has 2 amide bonds. The molecule has 0 bridgehead atoms. The quantitative estimate of drug-likeness (QED) is 0.793. The van der Waals surface area contributed by atoms with Gasteiger partial charge in [-0.25, -0.2) is 0 Å². The second-order valence-corrected chi connectivity index (χ2v) is 4.89. The van der Waals surface area contributed by atoms with Crippen LogP contribution in [0.1, 0.15) is 39.0 Å². The summed E-state index contributed by atoms with van der Waals surface area (Å²) in [4.78, 5) is 25.0. The molecule has 0 spiro atoms. The van der Waals surface area contributed by atoms with Crippen LogP contribution in [0.5, 0.6) is 0 Å². The topological polar surface area (TPSA) is 73.2 Å². The number of hydrogen-bond acceptors (Lipinski definition) is 3. The number of amides is 2. The van der Waals surface area contributed by atoms with Crippen molar-refractivity contribution in [2.75, 3.05) is 13.6 Å². The van der Waals surface area contributed by atoms with E-state index in [9.17, 15) is 9.59 Å². The first-order valence-electron chi connectivity index (χ1n) is 6.45. The summed E-state index contributed by atoms with van der Waals surface area (Å²) in [5.41, 5.74) is 0. The monoisotopic (exact) mass is 251 g/mol. The molecule has 1 aliphatic carbocycles. The van der Waals surface area contributed by atoms with Gasteiger partial charge in [-0.15, -0.1) is 0 Å². The number of carbonyl (C=O) groups is 2. The van der Waals surface area contributed by atoms with Gasteiger partial charge in [0.25, 0.3) is 0 Å². The van der Waals surface area contributed by atoms with Crippen molar-refractivity contribution >= 4 is 11.8 Å². The van der Waals surface area contributed by atoms with Crippen molar-refractivity contribution in [3.05, 3.63) is 0 Å². The van der Waals surface area contributed by atoms with Gasteiger partial charge >= 0.3 is 0 Å². The van der Waals surface area contributed by atoms with E-state index in [0.29, 0.717) is 13.0 Å². The predicted octanol–water partition coefficient (Wildman–Crippen LogP) is 1.05. The van der Waals surface area contributed by atoms with Crippen LogP contribution in [0.2, 0.25) is 0 Å². The maximum absolute atomic E-state index is 12.3. The van der Waals surface area contributed by atoms with Crippen LogP contribution in [0.25, 0.3) is 0 Å². The van der Waals surface area contributed by atoms with Crippen molar-refractivity contribution < 1.29 is 9.59 Å². The van der Waals surface area contributed by atoms with Gasteiger partial charge in [0, 0.05) is 20.5 Å². The zero-order chi connectivity index (χ0) is 13.5. The summed E-state index contributed by atoms with van der Waals surface area (Å²) in [7, 11) is 1.68. The number of nitrogens with one attached hydrogen (secondary N) is 1. The van der Waals surface area contributed by atoms with Crippen LogP contribution in [-0.4, -0.2) is 36.3 Å². The summed E-state index contributed by atoms with van der Waals surface area (Å²) in [5.74, 6) is -0.00720. The lowest BCUT2D eigenvalue weighted by Gasteiger charge is -2.27. The third-order valence-corrected chi connectivity index (χ3v) is 3.43. The third-order valence-electron chi connectivity index (χ3n) is 3.43. The highest BCUT2D eigenvalue weighted by Crippen LogP contribution is 2.28. The van der Waals surface area contributed by atoms with Crippen molar-refractivity contribution in [2.45, 2.75) is 45.1 Å². The third kappa shape index (κ3) is 4.02. The second-order valence-electron chi connectivity index (χ2n) is 4.89. The molecule has 1 unspecified atom stereocenters. The van der Waals surface area contributed by atoms with E-state index < -0.39 is 6.04 Å². The summed E-state index contributed by atoms with van der Waals surface area (Å²) in [6.45, 7) is 1.85. The number of hydrogen-bond donors (Lipinski definition) is 1. The molecule has 5 heteroatoms. The van der Waals surface area contributed by atoms with Gasteiger partial charge in [-0.05, 0) is 18.8 Å². The minimum Gasteiger partial charge on any atom is -0.344 e. The van der Waals surface area contributed by atoms with E-state index in [-0.39, 0.29) is 17.7 Å². The Bertz CT molecular complexity index is 343. The van der Waals surface area contributed by atoms with E-state index >= 15 is 0 Å². The lowest BCUT2D eigenvalue weighted by molar-refractivity contribution is -0.136. The molecule has 1 rings (SSSR count). The maximum Gasteiger partial charge on any atom is 0.245 e. The standard InChI is InChI=1S/C13H21N3O2/c1-10(17)15-12(11-6-3-4-7-11)13(18)16(2)9-5-8-14/h11-12H,3-7,9H2,1-2H3,(H,15,17). The molecule has 0 aromatic heterocycles. The van der Waals surface area contributed by atoms with Crippen LogP contribution in [-0.2, 0) is 9.59 Å². The number of nitrogens with zero attached hydrogens (tertiary/aromatic N) is 2. The van der Waals surface area contributed by atoms with E-state index in [0.717, 1.165) is 25.7 Å².